The van der Waals surface area contributed by atoms with E-state index in [0.717, 1.165) is 37.5 Å². The van der Waals surface area contributed by atoms with Gasteiger partial charge in [-0.05, 0) is 67.5 Å². The summed E-state index contributed by atoms with van der Waals surface area (Å²) >= 11 is 6.11. The fourth-order valence-electron chi connectivity index (χ4n) is 6.75. The van der Waals surface area contributed by atoms with Gasteiger partial charge in [0.05, 0.1) is 0 Å². The number of fused-ring (bicyclic) bond motifs is 1. The Labute approximate surface area is 238 Å². The Morgan fingerprint density at radius 3 is 2.46 bits per heavy atom. The number of benzene rings is 2. The molecular weight excluding hydrogens is 508 g/mol. The third kappa shape index (κ3) is 7.22. The van der Waals surface area contributed by atoms with Crippen molar-refractivity contribution in [3.05, 3.63) is 70.2 Å². The number of nitrogens with one attached hydrogen (secondary N) is 2. The lowest BCUT2D eigenvalue weighted by Crippen LogP contribution is -2.57. The number of nitrogens with zero attached hydrogens (tertiary/aromatic N) is 2. The number of piperazine rings is 1. The van der Waals surface area contributed by atoms with Crippen LogP contribution in [0.1, 0.15) is 68.2 Å². The zero-order chi connectivity index (χ0) is 27.2. The zero-order valence-corrected chi connectivity index (χ0v) is 24.0. The molecule has 0 bridgehead atoms. The van der Waals surface area contributed by atoms with Crippen LogP contribution >= 0.6 is 11.6 Å². The molecule has 2 aromatic carbocycles. The number of carbonyl (C=O) groups excluding carboxylic acids is 2. The second kappa shape index (κ2) is 13.3. The highest BCUT2D eigenvalue weighted by Gasteiger charge is 2.33. The molecule has 6 nitrogen and oxygen atoms in total. The molecule has 2 aliphatic heterocycles. The molecule has 3 atom stereocenters. The summed E-state index contributed by atoms with van der Waals surface area (Å²) in [5.74, 6) is 0.692. The van der Waals surface area contributed by atoms with Crippen molar-refractivity contribution >= 4 is 23.4 Å². The maximum absolute atomic E-state index is 13.8. The second-order valence-electron chi connectivity index (χ2n) is 11.6. The van der Waals surface area contributed by atoms with E-state index in [0.29, 0.717) is 37.0 Å². The van der Waals surface area contributed by atoms with Crippen LogP contribution in [0.4, 0.5) is 0 Å². The minimum absolute atomic E-state index is 0.0141. The molecule has 2 aromatic rings. The topological polar surface area (TPSA) is 64.7 Å². The third-order valence-electron chi connectivity index (χ3n) is 9.13. The van der Waals surface area contributed by atoms with Crippen LogP contribution < -0.4 is 10.6 Å². The molecule has 2 heterocycles. The van der Waals surface area contributed by atoms with Crippen molar-refractivity contribution in [3.8, 4) is 0 Å². The van der Waals surface area contributed by atoms with Crippen molar-refractivity contribution in [1.82, 2.24) is 20.4 Å². The SMILES string of the molecule is CC(C1CCCCC1)N1CCN(C(=O)C(Cc2ccc(Cl)cc2)NC(=O)CC2NCCc3ccccc32)CC1. The summed E-state index contributed by atoms with van der Waals surface area (Å²) in [4.78, 5) is 31.7. The molecule has 210 valence electrons. The molecule has 2 N–H and O–H groups in total. The monoisotopic (exact) mass is 550 g/mol. The van der Waals surface area contributed by atoms with E-state index >= 15 is 0 Å². The molecule has 0 aromatic heterocycles. The first-order chi connectivity index (χ1) is 19.0. The fraction of sp³-hybridized carbons (Fsp3) is 0.562. The average molecular weight is 551 g/mol. The van der Waals surface area contributed by atoms with Crippen LogP contribution in [0.15, 0.2) is 48.5 Å². The molecule has 0 spiro atoms. The lowest BCUT2D eigenvalue weighted by molar-refractivity contribution is -0.138. The number of hydrogen-bond acceptors (Lipinski definition) is 4. The summed E-state index contributed by atoms with van der Waals surface area (Å²) < 4.78 is 0. The summed E-state index contributed by atoms with van der Waals surface area (Å²) in [5, 5.41) is 7.28. The van der Waals surface area contributed by atoms with Crippen molar-refractivity contribution in [1.29, 1.82) is 0 Å². The van der Waals surface area contributed by atoms with E-state index in [1.54, 1.807) is 0 Å². The van der Waals surface area contributed by atoms with Crippen LogP contribution in [-0.2, 0) is 22.4 Å². The summed E-state index contributed by atoms with van der Waals surface area (Å²) in [7, 11) is 0. The molecule has 1 saturated heterocycles. The number of hydrogen-bond donors (Lipinski definition) is 2. The number of halogens is 1. The van der Waals surface area contributed by atoms with Crippen LogP contribution in [0.5, 0.6) is 0 Å². The van der Waals surface area contributed by atoms with Gasteiger partial charge in [0.1, 0.15) is 6.04 Å². The van der Waals surface area contributed by atoms with Gasteiger partial charge in [-0.15, -0.1) is 0 Å². The minimum Gasteiger partial charge on any atom is -0.344 e. The Morgan fingerprint density at radius 1 is 1.00 bits per heavy atom. The molecule has 1 aliphatic carbocycles. The Morgan fingerprint density at radius 2 is 1.72 bits per heavy atom. The predicted octanol–water partition coefficient (Wildman–Crippen LogP) is 4.76. The Bertz CT molecular complexity index is 1110. The van der Waals surface area contributed by atoms with Crippen LogP contribution in [0, 0.1) is 5.92 Å². The molecule has 2 fully saturated rings. The van der Waals surface area contributed by atoms with Crippen LogP contribution in [0.2, 0.25) is 5.02 Å². The zero-order valence-electron chi connectivity index (χ0n) is 23.2. The molecule has 3 unspecified atom stereocenters. The van der Waals surface area contributed by atoms with Crippen molar-refractivity contribution in [2.45, 2.75) is 76.4 Å². The summed E-state index contributed by atoms with van der Waals surface area (Å²) in [5.41, 5.74) is 3.47. The Balaban J connectivity index is 1.23. The maximum atomic E-state index is 13.8. The first-order valence-corrected chi connectivity index (χ1v) is 15.2. The van der Waals surface area contributed by atoms with Gasteiger partial charge in [0.15, 0.2) is 0 Å². The van der Waals surface area contributed by atoms with Gasteiger partial charge in [0.25, 0.3) is 0 Å². The van der Waals surface area contributed by atoms with Gasteiger partial charge in [-0.25, -0.2) is 0 Å². The van der Waals surface area contributed by atoms with Crippen molar-refractivity contribution in [2.24, 2.45) is 5.92 Å². The van der Waals surface area contributed by atoms with Crippen LogP contribution in [-0.4, -0.2) is 66.4 Å². The highest BCUT2D eigenvalue weighted by atomic mass is 35.5. The lowest BCUT2D eigenvalue weighted by atomic mass is 9.84. The largest absolute Gasteiger partial charge is 0.344 e. The van der Waals surface area contributed by atoms with Crippen LogP contribution in [0.25, 0.3) is 0 Å². The Kier molecular flexibility index (Phi) is 9.59. The minimum atomic E-state index is -0.597. The normalized spacial score (nSPS) is 22.1. The van der Waals surface area contributed by atoms with Gasteiger partial charge in [-0.2, -0.15) is 0 Å². The van der Waals surface area contributed by atoms with Gasteiger partial charge in [-0.3, -0.25) is 14.5 Å². The van der Waals surface area contributed by atoms with Crippen molar-refractivity contribution in [2.75, 3.05) is 32.7 Å². The van der Waals surface area contributed by atoms with E-state index < -0.39 is 6.04 Å². The second-order valence-corrected chi connectivity index (χ2v) is 12.0. The average Bonchev–Trinajstić information content (AvgIpc) is 2.98. The highest BCUT2D eigenvalue weighted by molar-refractivity contribution is 6.30. The summed E-state index contributed by atoms with van der Waals surface area (Å²) in [6, 6.07) is 15.8. The molecule has 39 heavy (non-hydrogen) atoms. The summed E-state index contributed by atoms with van der Waals surface area (Å²) in [6.45, 7) is 6.43. The lowest BCUT2D eigenvalue weighted by Gasteiger charge is -2.42. The number of rotatable bonds is 8. The van der Waals surface area contributed by atoms with Gasteiger partial charge in [0.2, 0.25) is 11.8 Å². The highest BCUT2D eigenvalue weighted by Crippen LogP contribution is 2.29. The molecule has 3 aliphatic rings. The quantitative estimate of drug-likeness (QED) is 0.497. The number of amides is 2. The van der Waals surface area contributed by atoms with Gasteiger partial charge >= 0.3 is 0 Å². The van der Waals surface area contributed by atoms with E-state index in [2.05, 4.69) is 40.7 Å². The smallest absolute Gasteiger partial charge is 0.245 e. The predicted molar refractivity (Wildman–Crippen MR) is 157 cm³/mol. The van der Waals surface area contributed by atoms with E-state index in [4.69, 9.17) is 11.6 Å². The molecule has 5 rings (SSSR count). The van der Waals surface area contributed by atoms with Gasteiger partial charge in [-0.1, -0.05) is 67.3 Å². The first-order valence-electron chi connectivity index (χ1n) is 14.9. The molecular formula is C32H43ClN4O2. The molecule has 7 heteroatoms. The fourth-order valence-corrected chi connectivity index (χ4v) is 6.88. The summed E-state index contributed by atoms with van der Waals surface area (Å²) in [6.07, 6.45) is 8.46. The van der Waals surface area contributed by atoms with Crippen molar-refractivity contribution in [3.63, 3.8) is 0 Å². The van der Waals surface area contributed by atoms with E-state index in [1.165, 1.54) is 43.2 Å². The van der Waals surface area contributed by atoms with E-state index in [1.807, 2.05) is 35.2 Å². The van der Waals surface area contributed by atoms with E-state index in [-0.39, 0.29) is 17.9 Å². The molecule has 0 radical (unpaired) electrons. The third-order valence-corrected chi connectivity index (χ3v) is 9.38. The van der Waals surface area contributed by atoms with Gasteiger partial charge < -0.3 is 15.5 Å². The molecule has 2 amide bonds. The first kappa shape index (κ1) is 28.1. The standard InChI is InChI=1S/C32H43ClN4O2/c1-23(25-7-3-2-4-8-25)36-17-19-37(20-18-36)32(39)30(21-24-11-13-27(33)14-12-24)35-31(38)22-29-28-10-6-5-9-26(28)15-16-34-29/h5-6,9-14,23,25,29-30,34H,2-4,7-8,15-22H2,1H3,(H,35,38). The van der Waals surface area contributed by atoms with Gasteiger partial charge in [0, 0.05) is 56.1 Å². The number of carbonyl (C=O) groups is 2. The Hall–Kier alpha value is -2.41. The molecule has 1 saturated carbocycles. The maximum Gasteiger partial charge on any atom is 0.245 e. The van der Waals surface area contributed by atoms with E-state index in [9.17, 15) is 9.59 Å². The van der Waals surface area contributed by atoms with Crippen molar-refractivity contribution < 1.29 is 9.59 Å². The van der Waals surface area contributed by atoms with Crippen LogP contribution in [0.3, 0.4) is 0 Å².